The first-order chi connectivity index (χ1) is 7.90. The zero-order valence-electron chi connectivity index (χ0n) is 9.47. The van der Waals surface area contributed by atoms with Crippen LogP contribution >= 0.6 is 0 Å². The van der Waals surface area contributed by atoms with Crippen molar-refractivity contribution in [2.45, 2.75) is 32.0 Å². The van der Waals surface area contributed by atoms with E-state index in [1.165, 1.54) is 0 Å². The standard InChI is InChI=1S/C12H14F3NO/c1-3-5-8-6-7-10(9(8)4-2)16-11(17)12(13,14)15/h3-5,10H,1,6-7H2,2H3,(H,16,17)/b8-5-,9-4+. The molecule has 1 atom stereocenters. The molecule has 1 N–H and O–H groups in total. The van der Waals surface area contributed by atoms with E-state index in [1.54, 1.807) is 25.2 Å². The van der Waals surface area contributed by atoms with Gasteiger partial charge in [0.05, 0.1) is 6.04 Å². The molecule has 0 spiro atoms. The summed E-state index contributed by atoms with van der Waals surface area (Å²) in [5, 5.41) is 2.00. The normalized spacial score (nSPS) is 25.3. The van der Waals surface area contributed by atoms with E-state index in [1.807, 2.05) is 5.32 Å². The molecule has 0 aromatic rings. The second kappa shape index (κ2) is 5.21. The molecule has 0 aliphatic heterocycles. The molecule has 1 amide bonds. The van der Waals surface area contributed by atoms with Gasteiger partial charge in [0, 0.05) is 0 Å². The van der Waals surface area contributed by atoms with Gasteiger partial charge in [-0.05, 0) is 30.9 Å². The van der Waals surface area contributed by atoms with Crippen LogP contribution in [0.1, 0.15) is 19.8 Å². The molecule has 1 fully saturated rings. The maximum absolute atomic E-state index is 12.1. The van der Waals surface area contributed by atoms with E-state index in [2.05, 4.69) is 6.58 Å². The lowest BCUT2D eigenvalue weighted by Crippen LogP contribution is -2.42. The van der Waals surface area contributed by atoms with Gasteiger partial charge in [0.1, 0.15) is 0 Å². The van der Waals surface area contributed by atoms with Crippen LogP contribution in [0.25, 0.3) is 0 Å². The van der Waals surface area contributed by atoms with E-state index < -0.39 is 18.1 Å². The molecule has 2 nitrogen and oxygen atoms in total. The van der Waals surface area contributed by atoms with Crippen molar-refractivity contribution in [2.75, 3.05) is 0 Å². The number of rotatable bonds is 2. The molecule has 0 aromatic heterocycles. The highest BCUT2D eigenvalue weighted by molar-refractivity contribution is 5.82. The number of allylic oxidation sites excluding steroid dienone is 3. The first-order valence-corrected chi connectivity index (χ1v) is 5.26. The van der Waals surface area contributed by atoms with Gasteiger partial charge in [0.15, 0.2) is 0 Å². The second-order valence-corrected chi connectivity index (χ2v) is 3.73. The number of halogens is 3. The summed E-state index contributed by atoms with van der Waals surface area (Å²) < 4.78 is 36.3. The molecule has 1 aliphatic rings. The number of carbonyl (C=O) groups is 1. The highest BCUT2D eigenvalue weighted by Crippen LogP contribution is 2.31. The van der Waals surface area contributed by atoms with Gasteiger partial charge in [-0.3, -0.25) is 4.79 Å². The molecule has 1 saturated carbocycles. The summed E-state index contributed by atoms with van der Waals surface area (Å²) in [5.41, 5.74) is 1.66. The number of hydrogen-bond donors (Lipinski definition) is 1. The Labute approximate surface area is 97.9 Å². The summed E-state index contributed by atoms with van der Waals surface area (Å²) in [4.78, 5) is 10.8. The first kappa shape index (κ1) is 13.5. The molecule has 0 radical (unpaired) electrons. The number of hydrogen-bond acceptors (Lipinski definition) is 1. The summed E-state index contributed by atoms with van der Waals surface area (Å²) in [7, 11) is 0. The number of nitrogens with one attached hydrogen (secondary N) is 1. The van der Waals surface area contributed by atoms with Crippen molar-refractivity contribution in [3.8, 4) is 0 Å². The predicted octanol–water partition coefficient (Wildman–Crippen LogP) is 2.89. The van der Waals surface area contributed by atoms with Gasteiger partial charge < -0.3 is 5.32 Å². The van der Waals surface area contributed by atoms with Gasteiger partial charge in [0.2, 0.25) is 0 Å². The molecular formula is C12H14F3NO. The van der Waals surface area contributed by atoms with E-state index >= 15 is 0 Å². The van der Waals surface area contributed by atoms with Gasteiger partial charge in [-0.25, -0.2) is 0 Å². The van der Waals surface area contributed by atoms with E-state index in [0.29, 0.717) is 12.8 Å². The van der Waals surface area contributed by atoms with Gasteiger partial charge in [-0.2, -0.15) is 13.2 Å². The Morgan fingerprint density at radius 1 is 1.53 bits per heavy atom. The topological polar surface area (TPSA) is 29.1 Å². The molecule has 94 valence electrons. The van der Waals surface area contributed by atoms with Crippen LogP contribution in [0, 0.1) is 0 Å². The Morgan fingerprint density at radius 2 is 2.18 bits per heavy atom. The molecule has 0 heterocycles. The summed E-state index contributed by atoms with van der Waals surface area (Å²) >= 11 is 0. The van der Waals surface area contributed by atoms with Crippen molar-refractivity contribution in [3.05, 3.63) is 36.0 Å². The van der Waals surface area contributed by atoms with Crippen molar-refractivity contribution in [1.82, 2.24) is 5.32 Å². The second-order valence-electron chi connectivity index (χ2n) is 3.73. The zero-order chi connectivity index (χ0) is 13.1. The Bertz CT molecular complexity index is 380. The molecule has 0 aromatic carbocycles. The Hall–Kier alpha value is -1.52. The lowest BCUT2D eigenvalue weighted by Gasteiger charge is -2.15. The number of amides is 1. The van der Waals surface area contributed by atoms with E-state index in [4.69, 9.17) is 0 Å². The molecule has 0 saturated heterocycles. The number of alkyl halides is 3. The maximum Gasteiger partial charge on any atom is 0.471 e. The van der Waals surface area contributed by atoms with Crippen LogP contribution < -0.4 is 5.32 Å². The average Bonchev–Trinajstić information content (AvgIpc) is 2.60. The third-order valence-corrected chi connectivity index (χ3v) is 2.64. The largest absolute Gasteiger partial charge is 0.471 e. The van der Waals surface area contributed by atoms with Crippen molar-refractivity contribution in [2.24, 2.45) is 0 Å². The maximum atomic E-state index is 12.1. The molecule has 5 heteroatoms. The molecule has 1 aliphatic carbocycles. The minimum absolute atomic E-state index is 0.487. The Morgan fingerprint density at radius 3 is 2.65 bits per heavy atom. The predicted molar refractivity (Wildman–Crippen MR) is 59.3 cm³/mol. The fourth-order valence-corrected chi connectivity index (χ4v) is 1.92. The van der Waals surface area contributed by atoms with E-state index in [0.717, 1.165) is 11.1 Å². The lowest BCUT2D eigenvalue weighted by molar-refractivity contribution is -0.174. The molecule has 17 heavy (non-hydrogen) atoms. The quantitative estimate of drug-likeness (QED) is 0.796. The summed E-state index contributed by atoms with van der Waals surface area (Å²) in [5.74, 6) is -1.89. The minimum atomic E-state index is -4.83. The molecule has 0 bridgehead atoms. The van der Waals surface area contributed by atoms with Crippen LogP contribution in [0.5, 0.6) is 0 Å². The van der Waals surface area contributed by atoms with E-state index in [-0.39, 0.29) is 0 Å². The molecule has 1 rings (SSSR count). The van der Waals surface area contributed by atoms with Crippen molar-refractivity contribution in [1.29, 1.82) is 0 Å². The van der Waals surface area contributed by atoms with Crippen molar-refractivity contribution in [3.63, 3.8) is 0 Å². The number of carbonyl (C=O) groups excluding carboxylic acids is 1. The first-order valence-electron chi connectivity index (χ1n) is 5.26. The molecular weight excluding hydrogens is 231 g/mol. The summed E-state index contributed by atoms with van der Waals surface area (Å²) in [6.07, 6.45) is 1.38. The lowest BCUT2D eigenvalue weighted by atomic mass is 10.1. The zero-order valence-corrected chi connectivity index (χ0v) is 9.47. The summed E-state index contributed by atoms with van der Waals surface area (Å²) in [6.45, 7) is 5.29. The van der Waals surface area contributed by atoms with Crippen LogP contribution in [-0.4, -0.2) is 18.1 Å². The van der Waals surface area contributed by atoms with Gasteiger partial charge in [-0.15, -0.1) is 0 Å². The van der Waals surface area contributed by atoms with Gasteiger partial charge >= 0.3 is 12.1 Å². The third-order valence-electron chi connectivity index (χ3n) is 2.64. The molecule has 1 unspecified atom stereocenters. The highest BCUT2D eigenvalue weighted by atomic mass is 19.4. The van der Waals surface area contributed by atoms with E-state index in [9.17, 15) is 18.0 Å². The van der Waals surface area contributed by atoms with Crippen molar-refractivity contribution >= 4 is 5.91 Å². The fourth-order valence-electron chi connectivity index (χ4n) is 1.92. The highest BCUT2D eigenvalue weighted by Gasteiger charge is 2.41. The monoisotopic (exact) mass is 245 g/mol. The smallest absolute Gasteiger partial charge is 0.341 e. The average molecular weight is 245 g/mol. The van der Waals surface area contributed by atoms with Gasteiger partial charge in [-0.1, -0.05) is 24.8 Å². The Balaban J connectivity index is 2.79. The fraction of sp³-hybridized carbons (Fsp3) is 0.417. The van der Waals surface area contributed by atoms with Crippen LogP contribution in [0.2, 0.25) is 0 Å². The third kappa shape index (κ3) is 3.22. The van der Waals surface area contributed by atoms with Crippen LogP contribution in [0.4, 0.5) is 13.2 Å². The van der Waals surface area contributed by atoms with Crippen molar-refractivity contribution < 1.29 is 18.0 Å². The summed E-state index contributed by atoms with van der Waals surface area (Å²) in [6, 6.07) is -0.555. The van der Waals surface area contributed by atoms with Crippen LogP contribution in [0.3, 0.4) is 0 Å². The van der Waals surface area contributed by atoms with Crippen LogP contribution in [-0.2, 0) is 4.79 Å². The van der Waals surface area contributed by atoms with Gasteiger partial charge in [0.25, 0.3) is 0 Å². The minimum Gasteiger partial charge on any atom is -0.341 e. The Kier molecular flexibility index (Phi) is 4.15. The SMILES string of the molecule is C=C/C=C1/CCC(NC(=O)C(F)(F)F)/C1=C/C. The van der Waals surface area contributed by atoms with Crippen LogP contribution in [0.15, 0.2) is 36.0 Å².